The molecule has 114 valence electrons. The van der Waals surface area contributed by atoms with E-state index in [1.165, 1.54) is 11.3 Å². The van der Waals surface area contributed by atoms with Gasteiger partial charge in [0.25, 0.3) is 0 Å². The highest BCUT2D eigenvalue weighted by molar-refractivity contribution is 8.93. The Morgan fingerprint density at radius 3 is 2.38 bits per heavy atom. The summed E-state index contributed by atoms with van der Waals surface area (Å²) < 4.78 is 0. The smallest absolute Gasteiger partial charge is 0.203 e. The number of benzene rings is 1. The van der Waals surface area contributed by atoms with Crippen LogP contribution in [-0.2, 0) is 5.41 Å². The first-order valence-corrected chi connectivity index (χ1v) is 7.70. The van der Waals surface area contributed by atoms with Crippen molar-refractivity contribution in [2.24, 2.45) is 5.10 Å². The van der Waals surface area contributed by atoms with Crippen LogP contribution in [0.3, 0.4) is 0 Å². The number of rotatable bonds is 3. The Hall–Kier alpha value is -0.620. The van der Waals surface area contributed by atoms with E-state index in [2.05, 4.69) is 36.3 Å². The van der Waals surface area contributed by atoms with Gasteiger partial charge in [0, 0.05) is 16.4 Å². The minimum absolute atomic E-state index is 0. The van der Waals surface area contributed by atoms with Crippen LogP contribution in [0.5, 0.6) is 0 Å². The highest BCUT2D eigenvalue weighted by atomic mass is 79.9. The molecule has 0 aliphatic rings. The maximum Gasteiger partial charge on any atom is 0.203 e. The Balaban J connectivity index is 0.00000220. The Labute approximate surface area is 149 Å². The Morgan fingerprint density at radius 2 is 1.86 bits per heavy atom. The lowest BCUT2D eigenvalue weighted by atomic mass is 9.93. The Bertz CT molecular complexity index is 615. The molecule has 7 heteroatoms. The Morgan fingerprint density at radius 1 is 1.24 bits per heavy atom. The summed E-state index contributed by atoms with van der Waals surface area (Å²) >= 11 is 13.6. The van der Waals surface area contributed by atoms with Crippen molar-refractivity contribution < 1.29 is 0 Å². The third-order valence-electron chi connectivity index (χ3n) is 2.63. The predicted octanol–water partition coefficient (Wildman–Crippen LogP) is 5.77. The van der Waals surface area contributed by atoms with Crippen LogP contribution < -0.4 is 5.43 Å². The second kappa shape index (κ2) is 7.58. The van der Waals surface area contributed by atoms with Crippen LogP contribution in [0.25, 0.3) is 0 Å². The number of thiazole rings is 1. The summed E-state index contributed by atoms with van der Waals surface area (Å²) in [5, 5.41) is 8.04. The van der Waals surface area contributed by atoms with Gasteiger partial charge in [-0.3, -0.25) is 5.43 Å². The molecule has 0 amide bonds. The van der Waals surface area contributed by atoms with Gasteiger partial charge in [-0.1, -0.05) is 50.0 Å². The maximum absolute atomic E-state index is 6.06. The van der Waals surface area contributed by atoms with Crippen LogP contribution in [0.15, 0.2) is 28.7 Å². The molecule has 0 radical (unpaired) electrons. The average molecular weight is 409 g/mol. The standard InChI is InChI=1S/C14H15Cl2N3S.BrH/c1-14(2,3)12-8-20-13(18-12)19-17-7-9-10(15)5-4-6-11(9)16;/h4-8H,1-3H3,(H,18,19);1H/b17-7+;. The van der Waals surface area contributed by atoms with Crippen molar-refractivity contribution in [1.29, 1.82) is 0 Å². The molecule has 21 heavy (non-hydrogen) atoms. The van der Waals surface area contributed by atoms with Crippen LogP contribution in [0.1, 0.15) is 32.0 Å². The molecule has 0 spiro atoms. The molecule has 1 N–H and O–H groups in total. The van der Waals surface area contributed by atoms with Gasteiger partial charge in [-0.2, -0.15) is 5.10 Å². The van der Waals surface area contributed by atoms with E-state index in [4.69, 9.17) is 23.2 Å². The second-order valence-corrected chi connectivity index (χ2v) is 6.97. The molecule has 0 atom stereocenters. The van der Waals surface area contributed by atoms with Gasteiger partial charge in [-0.15, -0.1) is 28.3 Å². The van der Waals surface area contributed by atoms with Crippen molar-refractivity contribution in [3.63, 3.8) is 0 Å². The molecule has 0 unspecified atom stereocenters. The lowest BCUT2D eigenvalue weighted by molar-refractivity contribution is 0.573. The number of hydrazone groups is 1. The summed E-state index contributed by atoms with van der Waals surface area (Å²) in [4.78, 5) is 4.49. The molecule has 1 aromatic carbocycles. The number of nitrogens with one attached hydrogen (secondary N) is 1. The van der Waals surface area contributed by atoms with E-state index in [0.29, 0.717) is 15.6 Å². The molecule has 0 aliphatic heterocycles. The summed E-state index contributed by atoms with van der Waals surface area (Å²) in [6, 6.07) is 5.34. The van der Waals surface area contributed by atoms with Crippen molar-refractivity contribution in [2.75, 3.05) is 5.43 Å². The summed E-state index contributed by atoms with van der Waals surface area (Å²) in [5.74, 6) is 0. The van der Waals surface area contributed by atoms with E-state index < -0.39 is 0 Å². The zero-order valence-electron chi connectivity index (χ0n) is 11.9. The molecule has 0 aliphatic carbocycles. The molecule has 1 heterocycles. The fourth-order valence-corrected chi connectivity index (χ4v) is 2.84. The maximum atomic E-state index is 6.06. The first-order valence-electron chi connectivity index (χ1n) is 6.07. The number of nitrogens with zero attached hydrogens (tertiary/aromatic N) is 2. The third-order valence-corrected chi connectivity index (χ3v) is 4.03. The Kier molecular flexibility index (Phi) is 6.66. The molecular formula is C14H16BrCl2N3S. The van der Waals surface area contributed by atoms with E-state index in [1.54, 1.807) is 24.4 Å². The quantitative estimate of drug-likeness (QED) is 0.516. The van der Waals surface area contributed by atoms with Crippen molar-refractivity contribution in [1.82, 2.24) is 4.98 Å². The number of anilines is 1. The largest absolute Gasteiger partial charge is 0.253 e. The monoisotopic (exact) mass is 407 g/mol. The lowest BCUT2D eigenvalue weighted by Gasteiger charge is -2.13. The van der Waals surface area contributed by atoms with Crippen molar-refractivity contribution in [2.45, 2.75) is 26.2 Å². The molecule has 0 fully saturated rings. The van der Waals surface area contributed by atoms with Gasteiger partial charge in [0.1, 0.15) is 0 Å². The lowest BCUT2D eigenvalue weighted by Crippen LogP contribution is -2.11. The molecular weight excluding hydrogens is 393 g/mol. The number of hydrogen-bond acceptors (Lipinski definition) is 4. The van der Waals surface area contributed by atoms with Crippen molar-refractivity contribution >= 4 is 62.9 Å². The van der Waals surface area contributed by atoms with Crippen LogP contribution in [0.4, 0.5) is 5.13 Å². The number of hydrogen-bond donors (Lipinski definition) is 1. The van der Waals surface area contributed by atoms with Crippen molar-refractivity contribution in [3.8, 4) is 0 Å². The molecule has 2 aromatic rings. The molecule has 2 rings (SSSR count). The van der Waals surface area contributed by atoms with Crippen LogP contribution in [0.2, 0.25) is 10.0 Å². The molecule has 0 saturated carbocycles. The molecule has 3 nitrogen and oxygen atoms in total. The highest BCUT2D eigenvalue weighted by Crippen LogP contribution is 2.26. The van der Waals surface area contributed by atoms with Gasteiger partial charge in [-0.25, -0.2) is 4.98 Å². The first kappa shape index (κ1) is 18.4. The zero-order chi connectivity index (χ0) is 14.8. The topological polar surface area (TPSA) is 37.3 Å². The van der Waals surface area contributed by atoms with Crippen molar-refractivity contribution in [3.05, 3.63) is 44.9 Å². The number of halogens is 3. The van der Waals surface area contributed by atoms with E-state index in [0.717, 1.165) is 10.8 Å². The molecule has 1 aromatic heterocycles. The van der Waals surface area contributed by atoms with E-state index in [-0.39, 0.29) is 22.4 Å². The van der Waals surface area contributed by atoms with Gasteiger partial charge in [0.05, 0.1) is 22.0 Å². The average Bonchev–Trinajstić information content (AvgIpc) is 2.81. The van der Waals surface area contributed by atoms with Crippen LogP contribution >= 0.6 is 51.5 Å². The summed E-state index contributed by atoms with van der Waals surface area (Å²) in [6.45, 7) is 6.37. The van der Waals surface area contributed by atoms with Gasteiger partial charge >= 0.3 is 0 Å². The summed E-state index contributed by atoms with van der Waals surface area (Å²) in [6.07, 6.45) is 1.60. The van der Waals surface area contributed by atoms with Crippen LogP contribution in [-0.4, -0.2) is 11.2 Å². The van der Waals surface area contributed by atoms with E-state index in [1.807, 2.05) is 5.38 Å². The SMILES string of the molecule is Br.CC(C)(C)c1csc(N/N=C/c2c(Cl)cccc2Cl)n1. The fraction of sp³-hybridized carbons (Fsp3) is 0.286. The highest BCUT2D eigenvalue weighted by Gasteiger charge is 2.17. The third kappa shape index (κ3) is 4.95. The summed E-state index contributed by atoms with van der Waals surface area (Å²) in [7, 11) is 0. The van der Waals surface area contributed by atoms with Crippen LogP contribution in [0, 0.1) is 0 Å². The zero-order valence-corrected chi connectivity index (χ0v) is 15.9. The van der Waals surface area contributed by atoms with Gasteiger partial charge in [-0.05, 0) is 12.1 Å². The molecule has 0 saturated heterocycles. The predicted molar refractivity (Wildman–Crippen MR) is 98.8 cm³/mol. The van der Waals surface area contributed by atoms with Gasteiger partial charge in [0.2, 0.25) is 5.13 Å². The van der Waals surface area contributed by atoms with Gasteiger partial charge in [0.15, 0.2) is 0 Å². The minimum Gasteiger partial charge on any atom is -0.253 e. The van der Waals surface area contributed by atoms with E-state index in [9.17, 15) is 0 Å². The number of aromatic nitrogens is 1. The first-order chi connectivity index (χ1) is 9.38. The van der Waals surface area contributed by atoms with E-state index >= 15 is 0 Å². The molecule has 0 bridgehead atoms. The fourth-order valence-electron chi connectivity index (χ4n) is 1.46. The van der Waals surface area contributed by atoms with Gasteiger partial charge < -0.3 is 0 Å². The second-order valence-electron chi connectivity index (χ2n) is 5.29. The normalized spacial score (nSPS) is 11.5. The summed E-state index contributed by atoms with van der Waals surface area (Å²) in [5.41, 5.74) is 4.66. The minimum atomic E-state index is 0.